The molecule has 1 aromatic rings. The van der Waals surface area contributed by atoms with Gasteiger partial charge >= 0.3 is 12.4 Å². The lowest BCUT2D eigenvalue weighted by atomic mass is 9.97. The van der Waals surface area contributed by atoms with Crippen LogP contribution in [0.3, 0.4) is 0 Å². The van der Waals surface area contributed by atoms with E-state index in [1.807, 2.05) is 0 Å². The fourth-order valence-electron chi connectivity index (χ4n) is 1.39. The van der Waals surface area contributed by atoms with Gasteiger partial charge in [-0.3, -0.25) is 0 Å². The predicted octanol–water partition coefficient (Wildman–Crippen LogP) is 3.31. The average molecular weight is 257 g/mol. The Morgan fingerprint density at radius 3 is 2.06 bits per heavy atom. The van der Waals surface area contributed by atoms with E-state index in [2.05, 4.69) is 0 Å². The maximum absolute atomic E-state index is 12.5. The first-order valence-corrected chi connectivity index (χ1v) is 4.60. The van der Waals surface area contributed by atoms with Crippen molar-refractivity contribution in [3.63, 3.8) is 0 Å². The molecule has 17 heavy (non-hydrogen) atoms. The Morgan fingerprint density at radius 1 is 1.06 bits per heavy atom. The van der Waals surface area contributed by atoms with Gasteiger partial charge in [-0.05, 0) is 11.6 Å². The highest BCUT2D eigenvalue weighted by Gasteiger charge is 2.40. The van der Waals surface area contributed by atoms with E-state index in [1.54, 1.807) is 0 Å². The molecule has 0 saturated heterocycles. The Balaban J connectivity index is 3.15. The number of alkyl halides is 6. The summed E-state index contributed by atoms with van der Waals surface area (Å²) >= 11 is 0. The number of benzene rings is 1. The average Bonchev–Trinajstić information content (AvgIpc) is 2.15. The summed E-state index contributed by atoms with van der Waals surface area (Å²) in [6.45, 7) is -0.787. The van der Waals surface area contributed by atoms with E-state index >= 15 is 0 Å². The molecule has 7 heteroatoms. The summed E-state index contributed by atoms with van der Waals surface area (Å²) in [6.07, 6.45) is -9.32. The molecule has 2 N–H and O–H groups in total. The van der Waals surface area contributed by atoms with Gasteiger partial charge < -0.3 is 5.73 Å². The van der Waals surface area contributed by atoms with Crippen LogP contribution in [-0.2, 0) is 6.18 Å². The molecule has 0 amide bonds. The van der Waals surface area contributed by atoms with Crippen molar-refractivity contribution in [2.75, 3.05) is 6.54 Å². The van der Waals surface area contributed by atoms with E-state index in [0.29, 0.717) is 12.1 Å². The normalized spacial score (nSPS) is 14.8. The van der Waals surface area contributed by atoms with Crippen LogP contribution in [0.5, 0.6) is 0 Å². The second-order valence-electron chi connectivity index (χ2n) is 3.45. The van der Waals surface area contributed by atoms with Gasteiger partial charge in [0, 0.05) is 6.54 Å². The number of hydrogen-bond acceptors (Lipinski definition) is 1. The molecule has 0 fully saturated rings. The predicted molar refractivity (Wildman–Crippen MR) is 49.3 cm³/mol. The minimum Gasteiger partial charge on any atom is -0.330 e. The summed E-state index contributed by atoms with van der Waals surface area (Å²) in [7, 11) is 0. The molecular weight excluding hydrogens is 248 g/mol. The Bertz CT molecular complexity index is 381. The zero-order valence-corrected chi connectivity index (χ0v) is 8.44. The number of halogens is 6. The largest absolute Gasteiger partial charge is 0.416 e. The SMILES string of the molecule is NCC(c1cccc(C(F)(F)F)c1)C(F)(F)F. The number of rotatable bonds is 2. The van der Waals surface area contributed by atoms with Gasteiger partial charge in [0.25, 0.3) is 0 Å². The molecule has 1 nitrogen and oxygen atoms in total. The summed E-state index contributed by atoms with van der Waals surface area (Å²) in [5, 5.41) is 0. The molecule has 1 unspecified atom stereocenters. The molecule has 0 saturated carbocycles. The van der Waals surface area contributed by atoms with Crippen molar-refractivity contribution in [3.8, 4) is 0 Å². The Hall–Kier alpha value is -1.24. The van der Waals surface area contributed by atoms with Gasteiger partial charge in [-0.1, -0.05) is 18.2 Å². The van der Waals surface area contributed by atoms with Crippen molar-refractivity contribution >= 4 is 0 Å². The van der Waals surface area contributed by atoms with E-state index in [-0.39, 0.29) is 0 Å². The lowest BCUT2D eigenvalue weighted by Gasteiger charge is -2.19. The third-order valence-electron chi connectivity index (χ3n) is 2.25. The molecule has 0 aromatic heterocycles. The molecular formula is C10H9F6N. The molecule has 0 spiro atoms. The second kappa shape index (κ2) is 4.56. The molecule has 0 radical (unpaired) electrons. The Labute approximate surface area is 93.2 Å². The topological polar surface area (TPSA) is 26.0 Å². The minimum absolute atomic E-state index is 0.477. The van der Waals surface area contributed by atoms with Crippen LogP contribution in [0.4, 0.5) is 26.3 Å². The van der Waals surface area contributed by atoms with Crippen molar-refractivity contribution < 1.29 is 26.3 Å². The van der Waals surface area contributed by atoms with E-state index in [4.69, 9.17) is 5.73 Å². The van der Waals surface area contributed by atoms with Gasteiger partial charge in [-0.2, -0.15) is 26.3 Å². The summed E-state index contributed by atoms with van der Waals surface area (Å²) in [5.74, 6) is -2.08. The van der Waals surface area contributed by atoms with E-state index in [9.17, 15) is 26.3 Å². The zero-order chi connectivity index (χ0) is 13.3. The van der Waals surface area contributed by atoms with Crippen LogP contribution in [0.25, 0.3) is 0 Å². The standard InChI is InChI=1S/C10H9F6N/c11-9(12,13)7-3-1-2-6(4-7)8(5-17)10(14,15)16/h1-4,8H,5,17H2. The van der Waals surface area contributed by atoms with Gasteiger partial charge in [0.15, 0.2) is 0 Å². The molecule has 0 aliphatic rings. The Morgan fingerprint density at radius 2 is 1.65 bits per heavy atom. The van der Waals surface area contributed by atoms with Gasteiger partial charge in [0.2, 0.25) is 0 Å². The molecule has 1 rings (SSSR count). The number of nitrogens with two attached hydrogens (primary N) is 1. The highest BCUT2D eigenvalue weighted by molar-refractivity contribution is 5.29. The summed E-state index contributed by atoms with van der Waals surface area (Å²) < 4.78 is 74.4. The van der Waals surface area contributed by atoms with E-state index in [0.717, 1.165) is 12.1 Å². The van der Waals surface area contributed by atoms with Crippen LogP contribution in [-0.4, -0.2) is 12.7 Å². The van der Waals surface area contributed by atoms with Crippen LogP contribution >= 0.6 is 0 Å². The summed E-state index contributed by atoms with van der Waals surface area (Å²) in [5.41, 5.74) is 3.36. The van der Waals surface area contributed by atoms with Gasteiger partial charge in [-0.15, -0.1) is 0 Å². The van der Waals surface area contributed by atoms with Crippen molar-refractivity contribution in [3.05, 3.63) is 35.4 Å². The lowest BCUT2D eigenvalue weighted by Crippen LogP contribution is -2.28. The smallest absolute Gasteiger partial charge is 0.330 e. The molecule has 0 aliphatic carbocycles. The minimum atomic E-state index is -4.67. The van der Waals surface area contributed by atoms with E-state index in [1.165, 1.54) is 0 Å². The fourth-order valence-corrected chi connectivity index (χ4v) is 1.39. The zero-order valence-electron chi connectivity index (χ0n) is 8.44. The summed E-state index contributed by atoms with van der Waals surface area (Å²) in [4.78, 5) is 0. The molecule has 96 valence electrons. The summed E-state index contributed by atoms with van der Waals surface area (Å²) in [6, 6.07) is 3.12. The maximum Gasteiger partial charge on any atom is 0.416 e. The third-order valence-corrected chi connectivity index (χ3v) is 2.25. The fraction of sp³-hybridized carbons (Fsp3) is 0.400. The first-order chi connectivity index (χ1) is 7.66. The first kappa shape index (κ1) is 13.8. The monoisotopic (exact) mass is 257 g/mol. The molecule has 1 aromatic carbocycles. The van der Waals surface area contributed by atoms with Crippen LogP contribution in [0.2, 0.25) is 0 Å². The van der Waals surface area contributed by atoms with Crippen LogP contribution in [0.15, 0.2) is 24.3 Å². The second-order valence-corrected chi connectivity index (χ2v) is 3.45. The number of hydrogen-bond donors (Lipinski definition) is 1. The lowest BCUT2D eigenvalue weighted by molar-refractivity contribution is -0.149. The molecule has 0 aliphatic heterocycles. The highest BCUT2D eigenvalue weighted by atomic mass is 19.4. The maximum atomic E-state index is 12.5. The van der Waals surface area contributed by atoms with Crippen molar-refractivity contribution in [2.24, 2.45) is 5.73 Å². The third kappa shape index (κ3) is 3.36. The van der Waals surface area contributed by atoms with Crippen molar-refractivity contribution in [1.82, 2.24) is 0 Å². The van der Waals surface area contributed by atoms with Crippen LogP contribution < -0.4 is 5.73 Å². The quantitative estimate of drug-likeness (QED) is 0.808. The van der Waals surface area contributed by atoms with Gasteiger partial charge in [0.1, 0.15) is 0 Å². The van der Waals surface area contributed by atoms with Crippen LogP contribution in [0.1, 0.15) is 17.0 Å². The van der Waals surface area contributed by atoms with Crippen molar-refractivity contribution in [2.45, 2.75) is 18.3 Å². The molecule has 0 bridgehead atoms. The van der Waals surface area contributed by atoms with Crippen molar-refractivity contribution in [1.29, 1.82) is 0 Å². The first-order valence-electron chi connectivity index (χ1n) is 4.60. The van der Waals surface area contributed by atoms with E-state index < -0.39 is 35.9 Å². The van der Waals surface area contributed by atoms with Gasteiger partial charge in [0.05, 0.1) is 11.5 Å². The van der Waals surface area contributed by atoms with Gasteiger partial charge in [-0.25, -0.2) is 0 Å². The van der Waals surface area contributed by atoms with Crippen LogP contribution in [0, 0.1) is 0 Å². The molecule has 0 heterocycles. The Kier molecular flexibility index (Phi) is 3.71. The molecule has 1 atom stereocenters. The highest BCUT2D eigenvalue weighted by Crippen LogP contribution is 2.36.